The van der Waals surface area contributed by atoms with Crippen LogP contribution in [-0.2, 0) is 6.42 Å². The monoisotopic (exact) mass is 362 g/mol. The Hall–Kier alpha value is -1.90. The summed E-state index contributed by atoms with van der Waals surface area (Å²) in [5, 5.41) is 3.61. The molecule has 2 aromatic carbocycles. The molecule has 1 saturated heterocycles. The summed E-state index contributed by atoms with van der Waals surface area (Å²) in [6, 6.07) is 22.3. The lowest BCUT2D eigenvalue weighted by Crippen LogP contribution is -2.42. The van der Waals surface area contributed by atoms with Crippen molar-refractivity contribution in [2.45, 2.75) is 45.1 Å². The van der Waals surface area contributed by atoms with Crippen molar-refractivity contribution < 1.29 is 0 Å². The topological polar surface area (TPSA) is 15.3 Å². The Balaban J connectivity index is 1.37. The summed E-state index contributed by atoms with van der Waals surface area (Å²) in [4.78, 5) is 2.73. The Morgan fingerprint density at radius 1 is 1.04 bits per heavy atom. The van der Waals surface area contributed by atoms with E-state index < -0.39 is 0 Å². The number of rotatable bonds is 9. The molecule has 0 bridgehead atoms. The maximum Gasteiger partial charge on any atom is 0.0165 e. The number of hydrogen-bond acceptors (Lipinski definition) is 2. The van der Waals surface area contributed by atoms with E-state index in [9.17, 15) is 0 Å². The van der Waals surface area contributed by atoms with Gasteiger partial charge < -0.3 is 10.2 Å². The van der Waals surface area contributed by atoms with Gasteiger partial charge in [-0.25, -0.2) is 0 Å². The maximum absolute atomic E-state index is 3.61. The average Bonchev–Trinajstić information content (AvgIpc) is 2.70. The normalized spacial score (nSPS) is 18.6. The molecule has 0 amide bonds. The van der Waals surface area contributed by atoms with E-state index in [0.29, 0.717) is 0 Å². The van der Waals surface area contributed by atoms with Crippen LogP contribution >= 0.6 is 0 Å². The highest BCUT2D eigenvalue weighted by molar-refractivity contribution is 5.52. The van der Waals surface area contributed by atoms with E-state index in [1.807, 2.05) is 0 Å². The number of hydrogen-bond donors (Lipinski definition) is 1. The summed E-state index contributed by atoms with van der Waals surface area (Å²) in [6.45, 7) is 6.76. The Bertz CT molecular complexity index is 678. The van der Waals surface area contributed by atoms with E-state index in [0.717, 1.165) is 19.1 Å². The SMILES string of the molecule is CC(=Cc1ccccc1)CNCCCN1CCCCC1Cc1ccccc1. The lowest BCUT2D eigenvalue weighted by molar-refractivity contribution is 0.145. The average molecular weight is 363 g/mol. The molecule has 3 rings (SSSR count). The third kappa shape index (κ3) is 6.97. The Labute approximate surface area is 165 Å². The van der Waals surface area contributed by atoms with Gasteiger partial charge in [-0.1, -0.05) is 78.7 Å². The Morgan fingerprint density at radius 3 is 2.56 bits per heavy atom. The smallest absolute Gasteiger partial charge is 0.0165 e. The Morgan fingerprint density at radius 2 is 1.78 bits per heavy atom. The van der Waals surface area contributed by atoms with E-state index >= 15 is 0 Å². The Kier molecular flexibility index (Phi) is 8.13. The number of piperidine rings is 1. The molecule has 1 unspecified atom stereocenters. The molecule has 2 aromatic rings. The predicted octanol–water partition coefficient (Wildman–Crippen LogP) is 5.17. The first-order chi connectivity index (χ1) is 13.3. The molecule has 0 radical (unpaired) electrons. The molecule has 0 aromatic heterocycles. The van der Waals surface area contributed by atoms with Gasteiger partial charge in [0.05, 0.1) is 0 Å². The first kappa shape index (κ1) is 19.9. The minimum Gasteiger partial charge on any atom is -0.313 e. The summed E-state index contributed by atoms with van der Waals surface area (Å²) < 4.78 is 0. The first-order valence-electron chi connectivity index (χ1n) is 10.5. The van der Waals surface area contributed by atoms with Crippen molar-refractivity contribution in [3.05, 3.63) is 77.4 Å². The highest BCUT2D eigenvalue weighted by Gasteiger charge is 2.21. The van der Waals surface area contributed by atoms with E-state index in [1.54, 1.807) is 0 Å². The molecule has 1 fully saturated rings. The van der Waals surface area contributed by atoms with Gasteiger partial charge >= 0.3 is 0 Å². The first-order valence-corrected chi connectivity index (χ1v) is 10.5. The third-order valence-corrected chi connectivity index (χ3v) is 5.48. The number of likely N-dealkylation sites (tertiary alicyclic amines) is 1. The van der Waals surface area contributed by atoms with Crippen molar-refractivity contribution in [3.63, 3.8) is 0 Å². The third-order valence-electron chi connectivity index (χ3n) is 5.48. The van der Waals surface area contributed by atoms with Crippen LogP contribution in [0.1, 0.15) is 43.7 Å². The van der Waals surface area contributed by atoms with Crippen molar-refractivity contribution >= 4 is 6.08 Å². The lowest BCUT2D eigenvalue weighted by atomic mass is 9.95. The molecule has 1 N–H and O–H groups in total. The summed E-state index contributed by atoms with van der Waals surface area (Å²) >= 11 is 0. The molecule has 1 aliphatic rings. The minimum absolute atomic E-state index is 0.723. The minimum atomic E-state index is 0.723. The van der Waals surface area contributed by atoms with Crippen LogP contribution in [0, 0.1) is 0 Å². The van der Waals surface area contributed by atoms with Crippen LogP contribution in [0.2, 0.25) is 0 Å². The zero-order valence-electron chi connectivity index (χ0n) is 16.7. The highest BCUT2D eigenvalue weighted by Crippen LogP contribution is 2.20. The second-order valence-electron chi connectivity index (χ2n) is 7.81. The van der Waals surface area contributed by atoms with E-state index in [1.165, 1.54) is 61.9 Å². The van der Waals surface area contributed by atoms with Crippen LogP contribution in [0.3, 0.4) is 0 Å². The molecule has 0 aliphatic carbocycles. The molecule has 27 heavy (non-hydrogen) atoms. The fourth-order valence-corrected chi connectivity index (χ4v) is 4.05. The molecule has 0 saturated carbocycles. The predicted molar refractivity (Wildman–Crippen MR) is 117 cm³/mol. The van der Waals surface area contributed by atoms with Crippen LogP contribution in [0.25, 0.3) is 6.08 Å². The fourth-order valence-electron chi connectivity index (χ4n) is 4.05. The van der Waals surface area contributed by atoms with Crippen molar-refractivity contribution in [2.24, 2.45) is 0 Å². The van der Waals surface area contributed by atoms with Gasteiger partial charge in [-0.3, -0.25) is 0 Å². The van der Waals surface area contributed by atoms with Gasteiger partial charge in [-0.05, 0) is 63.4 Å². The van der Waals surface area contributed by atoms with Crippen LogP contribution < -0.4 is 5.32 Å². The second-order valence-corrected chi connectivity index (χ2v) is 7.81. The molecule has 2 heteroatoms. The van der Waals surface area contributed by atoms with E-state index in [-0.39, 0.29) is 0 Å². The van der Waals surface area contributed by atoms with Crippen molar-refractivity contribution in [1.82, 2.24) is 10.2 Å². The van der Waals surface area contributed by atoms with E-state index in [4.69, 9.17) is 0 Å². The maximum atomic E-state index is 3.61. The second kappa shape index (κ2) is 11.1. The number of nitrogens with zero attached hydrogens (tertiary/aromatic N) is 1. The standard InChI is InChI=1S/C25H34N2/c1-22(19-23-11-4-2-5-12-23)21-26-16-10-18-27-17-9-8-15-25(27)20-24-13-6-3-7-14-24/h2-7,11-14,19,25-26H,8-10,15-18,20-21H2,1H3. The highest BCUT2D eigenvalue weighted by atomic mass is 15.2. The molecule has 2 nitrogen and oxygen atoms in total. The van der Waals surface area contributed by atoms with Gasteiger partial charge in [0.25, 0.3) is 0 Å². The molecule has 1 atom stereocenters. The summed E-state index contributed by atoms with van der Waals surface area (Å²) in [7, 11) is 0. The van der Waals surface area contributed by atoms with Gasteiger partial charge in [-0.15, -0.1) is 0 Å². The van der Waals surface area contributed by atoms with Crippen LogP contribution in [-0.4, -0.2) is 37.1 Å². The molecule has 0 spiro atoms. The van der Waals surface area contributed by atoms with Gasteiger partial charge in [0.2, 0.25) is 0 Å². The molecule has 1 aliphatic heterocycles. The van der Waals surface area contributed by atoms with Crippen LogP contribution in [0.15, 0.2) is 66.2 Å². The molecule has 1 heterocycles. The summed E-state index contributed by atoms with van der Waals surface area (Å²) in [5.41, 5.74) is 4.16. The zero-order valence-corrected chi connectivity index (χ0v) is 16.7. The van der Waals surface area contributed by atoms with Crippen LogP contribution in [0.4, 0.5) is 0 Å². The quantitative estimate of drug-likeness (QED) is 0.619. The zero-order chi connectivity index (χ0) is 18.7. The molecule has 144 valence electrons. The van der Waals surface area contributed by atoms with Crippen molar-refractivity contribution in [3.8, 4) is 0 Å². The van der Waals surface area contributed by atoms with Crippen LogP contribution in [0.5, 0.6) is 0 Å². The fraction of sp³-hybridized carbons (Fsp3) is 0.440. The number of benzene rings is 2. The largest absolute Gasteiger partial charge is 0.313 e. The number of nitrogens with one attached hydrogen (secondary N) is 1. The lowest BCUT2D eigenvalue weighted by Gasteiger charge is -2.36. The molecular formula is C25H34N2. The summed E-state index contributed by atoms with van der Waals surface area (Å²) in [5.74, 6) is 0. The van der Waals surface area contributed by atoms with Crippen molar-refractivity contribution in [2.75, 3.05) is 26.2 Å². The van der Waals surface area contributed by atoms with Gasteiger partial charge in [-0.2, -0.15) is 0 Å². The van der Waals surface area contributed by atoms with Gasteiger partial charge in [0.15, 0.2) is 0 Å². The van der Waals surface area contributed by atoms with E-state index in [2.05, 4.69) is 83.9 Å². The van der Waals surface area contributed by atoms with Crippen molar-refractivity contribution in [1.29, 1.82) is 0 Å². The van der Waals surface area contributed by atoms with Gasteiger partial charge in [0.1, 0.15) is 0 Å². The summed E-state index contributed by atoms with van der Waals surface area (Å²) in [6.07, 6.45) is 8.79. The molecular weight excluding hydrogens is 328 g/mol. The van der Waals surface area contributed by atoms with Gasteiger partial charge in [0, 0.05) is 12.6 Å².